The highest BCUT2D eigenvalue weighted by Crippen LogP contribution is 2.46. The van der Waals surface area contributed by atoms with Gasteiger partial charge in [-0.3, -0.25) is 19.5 Å². The molecule has 4 aromatic rings. The van der Waals surface area contributed by atoms with Crippen LogP contribution in [0.2, 0.25) is 5.02 Å². The molecule has 3 heterocycles. The fraction of sp³-hybridized carbons (Fsp3) is 0.154. The van der Waals surface area contributed by atoms with Gasteiger partial charge in [0.15, 0.2) is 16.6 Å². The zero-order valence-corrected chi connectivity index (χ0v) is 20.8. The molecular formula is C26H20ClN3O5S. The molecule has 1 fully saturated rings. The first kappa shape index (κ1) is 23.8. The number of ether oxygens (including phenoxy) is 2. The van der Waals surface area contributed by atoms with E-state index in [-0.39, 0.29) is 11.3 Å². The van der Waals surface area contributed by atoms with Crippen molar-refractivity contribution in [2.45, 2.75) is 13.0 Å². The number of nitrogens with zero attached hydrogens (tertiary/aromatic N) is 3. The molecule has 182 valence electrons. The molecule has 5 rings (SSSR count). The van der Waals surface area contributed by atoms with Gasteiger partial charge in [-0.1, -0.05) is 29.0 Å². The van der Waals surface area contributed by atoms with Crippen molar-refractivity contribution in [1.82, 2.24) is 9.97 Å². The van der Waals surface area contributed by atoms with Gasteiger partial charge in [0.25, 0.3) is 5.78 Å². The second-order valence-electron chi connectivity index (χ2n) is 7.86. The SMILES string of the molecule is CCOc1ccc(C2/C(=C(\O)c3ccncc3)C(=O)C(=O)N2c2nc3ccc(Cl)cc3s2)cc1OC. The van der Waals surface area contributed by atoms with Crippen LogP contribution < -0.4 is 14.4 Å². The number of halogens is 1. The number of aromatic nitrogens is 2. The number of amides is 1. The average molecular weight is 522 g/mol. The number of benzene rings is 2. The third kappa shape index (κ3) is 4.06. The first-order valence-electron chi connectivity index (χ1n) is 11.0. The predicted octanol–water partition coefficient (Wildman–Crippen LogP) is 5.38. The van der Waals surface area contributed by atoms with Crippen LogP contribution in [-0.4, -0.2) is 40.5 Å². The summed E-state index contributed by atoms with van der Waals surface area (Å²) in [6, 6.07) is 12.5. The van der Waals surface area contributed by atoms with Crippen LogP contribution in [0.4, 0.5) is 5.13 Å². The van der Waals surface area contributed by atoms with Crippen molar-refractivity contribution in [3.63, 3.8) is 0 Å². The summed E-state index contributed by atoms with van der Waals surface area (Å²) in [4.78, 5) is 36.6. The lowest BCUT2D eigenvalue weighted by Gasteiger charge is -2.23. The number of carbonyl (C=O) groups excluding carboxylic acids is 2. The fourth-order valence-corrected chi connectivity index (χ4v) is 5.40. The summed E-state index contributed by atoms with van der Waals surface area (Å²) in [7, 11) is 1.51. The molecule has 1 unspecified atom stereocenters. The number of hydrogen-bond acceptors (Lipinski definition) is 8. The number of rotatable bonds is 6. The van der Waals surface area contributed by atoms with Gasteiger partial charge in [0.2, 0.25) is 0 Å². The first-order chi connectivity index (χ1) is 17.4. The fourth-order valence-electron chi connectivity index (χ4n) is 4.13. The molecular weight excluding hydrogens is 502 g/mol. The van der Waals surface area contributed by atoms with Gasteiger partial charge in [0.05, 0.1) is 35.5 Å². The lowest BCUT2D eigenvalue weighted by molar-refractivity contribution is -0.132. The highest BCUT2D eigenvalue weighted by molar-refractivity contribution is 7.22. The minimum absolute atomic E-state index is 0.0605. The van der Waals surface area contributed by atoms with E-state index < -0.39 is 17.7 Å². The summed E-state index contributed by atoms with van der Waals surface area (Å²) in [6.45, 7) is 2.29. The lowest BCUT2D eigenvalue weighted by Crippen LogP contribution is -2.29. The smallest absolute Gasteiger partial charge is 0.301 e. The van der Waals surface area contributed by atoms with Crippen LogP contribution in [0, 0.1) is 0 Å². The molecule has 2 aromatic carbocycles. The number of anilines is 1. The summed E-state index contributed by atoms with van der Waals surface area (Å²) in [5, 5.41) is 12.0. The minimum atomic E-state index is -0.959. The van der Waals surface area contributed by atoms with Crippen LogP contribution >= 0.6 is 22.9 Å². The topological polar surface area (TPSA) is 102 Å². The summed E-state index contributed by atoms with van der Waals surface area (Å²) >= 11 is 7.37. The lowest BCUT2D eigenvalue weighted by atomic mass is 9.95. The number of hydrogen-bond donors (Lipinski definition) is 1. The molecule has 1 aliphatic rings. The van der Waals surface area contributed by atoms with Crippen LogP contribution in [0.1, 0.15) is 24.1 Å². The second kappa shape index (κ2) is 9.60. The van der Waals surface area contributed by atoms with E-state index in [1.54, 1.807) is 48.5 Å². The predicted molar refractivity (Wildman–Crippen MR) is 138 cm³/mol. The normalized spacial score (nSPS) is 17.1. The Morgan fingerprint density at radius 3 is 2.61 bits per heavy atom. The van der Waals surface area contributed by atoms with E-state index in [1.165, 1.54) is 35.7 Å². The largest absolute Gasteiger partial charge is 0.507 e. The average Bonchev–Trinajstić information content (AvgIpc) is 3.42. The van der Waals surface area contributed by atoms with Crippen molar-refractivity contribution in [3.8, 4) is 11.5 Å². The number of aliphatic hydroxyl groups is 1. The molecule has 10 heteroatoms. The van der Waals surface area contributed by atoms with E-state index in [9.17, 15) is 14.7 Å². The molecule has 0 saturated carbocycles. The molecule has 1 atom stereocenters. The maximum absolute atomic E-state index is 13.4. The van der Waals surface area contributed by atoms with Crippen molar-refractivity contribution in [3.05, 3.63) is 82.6 Å². The first-order valence-corrected chi connectivity index (χ1v) is 12.2. The molecule has 0 spiro atoms. The van der Waals surface area contributed by atoms with E-state index in [0.29, 0.717) is 44.9 Å². The van der Waals surface area contributed by atoms with E-state index in [1.807, 2.05) is 6.92 Å². The third-order valence-electron chi connectivity index (χ3n) is 5.75. The Balaban J connectivity index is 1.73. The molecule has 1 N–H and O–H groups in total. The van der Waals surface area contributed by atoms with Crippen LogP contribution in [-0.2, 0) is 9.59 Å². The molecule has 1 saturated heterocycles. The van der Waals surface area contributed by atoms with Crippen molar-refractivity contribution in [2.24, 2.45) is 0 Å². The highest BCUT2D eigenvalue weighted by atomic mass is 35.5. The van der Waals surface area contributed by atoms with Gasteiger partial charge in [-0.15, -0.1) is 0 Å². The second-order valence-corrected chi connectivity index (χ2v) is 9.30. The molecule has 0 bridgehead atoms. The van der Waals surface area contributed by atoms with Crippen LogP contribution in [0.25, 0.3) is 16.0 Å². The van der Waals surface area contributed by atoms with Gasteiger partial charge in [-0.25, -0.2) is 4.98 Å². The maximum Gasteiger partial charge on any atom is 0.301 e. The van der Waals surface area contributed by atoms with E-state index in [2.05, 4.69) is 9.97 Å². The maximum atomic E-state index is 13.4. The van der Waals surface area contributed by atoms with Crippen molar-refractivity contribution in [1.29, 1.82) is 0 Å². The number of carbonyl (C=O) groups is 2. The number of Topliss-reactive ketones (excluding diaryl/α,β-unsaturated/α-hetero) is 1. The number of thiazole rings is 1. The standard InChI is InChI=1S/C26H20ClN3O5S/c1-3-35-18-7-4-15(12-19(18)34-2)22-21(23(31)14-8-10-28-11-9-14)24(32)25(33)30(22)26-29-17-6-5-16(27)13-20(17)36-26/h4-13,22,31H,3H2,1-2H3/b23-21+. The molecule has 36 heavy (non-hydrogen) atoms. The number of pyridine rings is 1. The molecule has 1 aliphatic heterocycles. The van der Waals surface area contributed by atoms with Crippen molar-refractivity contribution < 1.29 is 24.2 Å². The molecule has 1 amide bonds. The van der Waals surface area contributed by atoms with Gasteiger partial charge in [-0.05, 0) is 55.0 Å². The molecule has 2 aromatic heterocycles. The molecule has 0 radical (unpaired) electrons. The Morgan fingerprint density at radius 1 is 1.11 bits per heavy atom. The summed E-state index contributed by atoms with van der Waals surface area (Å²) in [5.41, 5.74) is 1.48. The van der Waals surface area contributed by atoms with Crippen molar-refractivity contribution in [2.75, 3.05) is 18.6 Å². The zero-order chi connectivity index (χ0) is 25.4. The number of methoxy groups -OCH3 is 1. The Morgan fingerprint density at radius 2 is 1.89 bits per heavy atom. The van der Waals surface area contributed by atoms with Gasteiger partial charge in [0.1, 0.15) is 5.76 Å². The van der Waals surface area contributed by atoms with Gasteiger partial charge >= 0.3 is 5.91 Å². The Labute approximate surface area is 215 Å². The zero-order valence-electron chi connectivity index (χ0n) is 19.3. The number of ketones is 1. The van der Waals surface area contributed by atoms with Crippen LogP contribution in [0.3, 0.4) is 0 Å². The Hall–Kier alpha value is -3.95. The highest BCUT2D eigenvalue weighted by Gasteiger charge is 2.48. The number of fused-ring (bicyclic) bond motifs is 1. The van der Waals surface area contributed by atoms with Gasteiger partial charge < -0.3 is 14.6 Å². The third-order valence-corrected chi connectivity index (χ3v) is 7.00. The monoisotopic (exact) mass is 521 g/mol. The van der Waals surface area contributed by atoms with E-state index >= 15 is 0 Å². The van der Waals surface area contributed by atoms with Gasteiger partial charge in [0, 0.05) is 23.0 Å². The quantitative estimate of drug-likeness (QED) is 0.206. The summed E-state index contributed by atoms with van der Waals surface area (Å²) in [5.74, 6) is -0.974. The van der Waals surface area contributed by atoms with E-state index in [0.717, 1.165) is 4.70 Å². The number of aliphatic hydroxyl groups excluding tert-OH is 1. The molecule has 0 aliphatic carbocycles. The minimum Gasteiger partial charge on any atom is -0.507 e. The van der Waals surface area contributed by atoms with Gasteiger partial charge in [-0.2, -0.15) is 0 Å². The summed E-state index contributed by atoms with van der Waals surface area (Å²) < 4.78 is 11.9. The van der Waals surface area contributed by atoms with Crippen LogP contribution in [0.5, 0.6) is 11.5 Å². The Kier molecular flexibility index (Phi) is 6.34. The Bertz CT molecular complexity index is 1520. The van der Waals surface area contributed by atoms with Crippen LogP contribution in [0.15, 0.2) is 66.5 Å². The molecule has 8 nitrogen and oxygen atoms in total. The van der Waals surface area contributed by atoms with Crippen molar-refractivity contribution >= 4 is 55.7 Å². The summed E-state index contributed by atoms with van der Waals surface area (Å²) in [6.07, 6.45) is 2.99. The van der Waals surface area contributed by atoms with E-state index in [4.69, 9.17) is 21.1 Å².